The lowest BCUT2D eigenvalue weighted by atomic mass is 10.1. The highest BCUT2D eigenvalue weighted by atomic mass is 16.5. The van der Waals surface area contributed by atoms with Gasteiger partial charge in [-0.3, -0.25) is 9.59 Å². The van der Waals surface area contributed by atoms with E-state index in [1.54, 1.807) is 18.2 Å². The molecule has 0 atom stereocenters. The Bertz CT molecular complexity index is 454. The molecule has 0 bridgehead atoms. The second-order valence-electron chi connectivity index (χ2n) is 3.46. The van der Waals surface area contributed by atoms with Crippen LogP contribution in [-0.4, -0.2) is 24.8 Å². The molecule has 90 valence electrons. The van der Waals surface area contributed by atoms with Gasteiger partial charge in [-0.05, 0) is 19.1 Å². The zero-order chi connectivity index (χ0) is 12.8. The third-order valence-electron chi connectivity index (χ3n) is 2.02. The molecular weight excluding hydrogens is 222 g/mol. The first-order valence-electron chi connectivity index (χ1n) is 5.01. The van der Waals surface area contributed by atoms with Crippen LogP contribution in [0, 0.1) is 0 Å². The average molecular weight is 235 g/mol. The number of methoxy groups -OCH3 is 1. The number of ketones is 1. The van der Waals surface area contributed by atoms with Crippen molar-refractivity contribution in [2.75, 3.05) is 12.4 Å². The molecule has 5 heteroatoms. The number of nitrogens with one attached hydrogen (secondary N) is 1. The van der Waals surface area contributed by atoms with E-state index in [1.807, 2.05) is 0 Å². The Morgan fingerprint density at radius 1 is 1.24 bits per heavy atom. The monoisotopic (exact) mass is 235 g/mol. The lowest BCUT2D eigenvalue weighted by molar-refractivity contribution is -0.124. The number of esters is 1. The molecule has 0 saturated heterocycles. The molecule has 0 fully saturated rings. The zero-order valence-electron chi connectivity index (χ0n) is 9.65. The van der Waals surface area contributed by atoms with Gasteiger partial charge in [-0.25, -0.2) is 4.79 Å². The number of carbonyl (C=O) groups is 3. The molecule has 1 aromatic rings. The molecule has 0 radical (unpaired) electrons. The summed E-state index contributed by atoms with van der Waals surface area (Å²) in [7, 11) is 1.26. The van der Waals surface area contributed by atoms with E-state index in [2.05, 4.69) is 10.1 Å². The van der Waals surface area contributed by atoms with Crippen LogP contribution in [0.15, 0.2) is 24.3 Å². The summed E-state index contributed by atoms with van der Waals surface area (Å²) in [6.45, 7) is 1.33. The smallest absolute Gasteiger partial charge is 0.339 e. The van der Waals surface area contributed by atoms with Crippen LogP contribution in [0.2, 0.25) is 0 Å². The van der Waals surface area contributed by atoms with E-state index in [9.17, 15) is 14.4 Å². The second-order valence-corrected chi connectivity index (χ2v) is 3.46. The van der Waals surface area contributed by atoms with Gasteiger partial charge in [0.15, 0.2) is 0 Å². The van der Waals surface area contributed by atoms with Crippen LogP contribution in [0.25, 0.3) is 0 Å². The van der Waals surface area contributed by atoms with Crippen molar-refractivity contribution in [1.82, 2.24) is 0 Å². The maximum absolute atomic E-state index is 11.4. The van der Waals surface area contributed by atoms with Crippen molar-refractivity contribution >= 4 is 23.3 Å². The predicted octanol–water partition coefficient (Wildman–Crippen LogP) is 1.39. The van der Waals surface area contributed by atoms with Crippen molar-refractivity contribution in [2.24, 2.45) is 0 Å². The molecule has 5 nitrogen and oxygen atoms in total. The predicted molar refractivity (Wildman–Crippen MR) is 61.7 cm³/mol. The normalized spacial score (nSPS) is 9.53. The Balaban J connectivity index is 2.87. The molecule has 0 aliphatic carbocycles. The van der Waals surface area contributed by atoms with Gasteiger partial charge in [0.05, 0.1) is 24.8 Å². The van der Waals surface area contributed by atoms with Gasteiger partial charge in [0.1, 0.15) is 5.78 Å². The quantitative estimate of drug-likeness (QED) is 0.632. The molecule has 0 heterocycles. The molecule has 0 unspecified atom stereocenters. The number of Topliss-reactive ketones (excluding diaryl/α,β-unsaturated/α-hetero) is 1. The minimum Gasteiger partial charge on any atom is -0.465 e. The number of benzene rings is 1. The van der Waals surface area contributed by atoms with Crippen LogP contribution in [-0.2, 0) is 14.3 Å². The fraction of sp³-hybridized carbons (Fsp3) is 0.250. The molecule has 17 heavy (non-hydrogen) atoms. The largest absolute Gasteiger partial charge is 0.465 e. The van der Waals surface area contributed by atoms with Crippen molar-refractivity contribution in [2.45, 2.75) is 13.3 Å². The third-order valence-corrected chi connectivity index (χ3v) is 2.02. The summed E-state index contributed by atoms with van der Waals surface area (Å²) in [5.74, 6) is -1.23. The highest BCUT2D eigenvalue weighted by molar-refractivity contribution is 6.06. The van der Waals surface area contributed by atoms with E-state index in [-0.39, 0.29) is 17.8 Å². The molecule has 0 aromatic heterocycles. The summed E-state index contributed by atoms with van der Waals surface area (Å²) in [5, 5.41) is 2.50. The Hall–Kier alpha value is -2.17. The Morgan fingerprint density at radius 3 is 2.47 bits per heavy atom. The summed E-state index contributed by atoms with van der Waals surface area (Å²) < 4.78 is 4.58. The van der Waals surface area contributed by atoms with Crippen LogP contribution in [0.1, 0.15) is 23.7 Å². The number of amides is 1. The number of ether oxygens (including phenoxy) is 1. The first kappa shape index (κ1) is 12.9. The fourth-order valence-electron chi connectivity index (χ4n) is 1.30. The van der Waals surface area contributed by atoms with E-state index >= 15 is 0 Å². The molecule has 0 aliphatic rings. The van der Waals surface area contributed by atoms with Gasteiger partial charge in [-0.1, -0.05) is 12.1 Å². The lowest BCUT2D eigenvalue weighted by Crippen LogP contribution is -2.17. The third kappa shape index (κ3) is 3.71. The van der Waals surface area contributed by atoms with E-state index in [4.69, 9.17) is 0 Å². The van der Waals surface area contributed by atoms with Crippen molar-refractivity contribution in [3.05, 3.63) is 29.8 Å². The SMILES string of the molecule is COC(=O)c1ccccc1NC(=O)CC(C)=O. The van der Waals surface area contributed by atoms with Gasteiger partial charge in [0, 0.05) is 0 Å². The Labute approximate surface area is 98.8 Å². The van der Waals surface area contributed by atoms with Crippen molar-refractivity contribution < 1.29 is 19.1 Å². The van der Waals surface area contributed by atoms with Gasteiger partial charge < -0.3 is 10.1 Å². The summed E-state index contributed by atoms with van der Waals surface area (Å²) in [5.41, 5.74) is 0.595. The van der Waals surface area contributed by atoms with Gasteiger partial charge in [-0.15, -0.1) is 0 Å². The summed E-state index contributed by atoms with van der Waals surface area (Å²) in [6, 6.07) is 6.45. The van der Waals surface area contributed by atoms with Crippen LogP contribution in [0.3, 0.4) is 0 Å². The standard InChI is InChI=1S/C12H13NO4/c1-8(14)7-11(15)13-10-6-4-3-5-9(10)12(16)17-2/h3-6H,7H2,1-2H3,(H,13,15). The molecule has 0 spiro atoms. The van der Waals surface area contributed by atoms with E-state index in [0.717, 1.165) is 0 Å². The first-order valence-corrected chi connectivity index (χ1v) is 5.01. The van der Waals surface area contributed by atoms with Crippen LogP contribution in [0.4, 0.5) is 5.69 Å². The highest BCUT2D eigenvalue weighted by Crippen LogP contribution is 2.16. The molecule has 0 aliphatic heterocycles. The maximum Gasteiger partial charge on any atom is 0.339 e. The number of carbonyl (C=O) groups excluding carboxylic acids is 3. The molecular formula is C12H13NO4. The van der Waals surface area contributed by atoms with Crippen molar-refractivity contribution in [1.29, 1.82) is 0 Å². The van der Waals surface area contributed by atoms with E-state index in [1.165, 1.54) is 20.1 Å². The van der Waals surface area contributed by atoms with Crippen LogP contribution >= 0.6 is 0 Å². The summed E-state index contributed by atoms with van der Waals surface area (Å²) in [6.07, 6.45) is -0.213. The Morgan fingerprint density at radius 2 is 1.88 bits per heavy atom. The number of hydrogen-bond donors (Lipinski definition) is 1. The number of rotatable bonds is 4. The van der Waals surface area contributed by atoms with Crippen LogP contribution in [0.5, 0.6) is 0 Å². The molecule has 1 rings (SSSR count). The van der Waals surface area contributed by atoms with Crippen molar-refractivity contribution in [3.8, 4) is 0 Å². The van der Waals surface area contributed by atoms with Gasteiger partial charge >= 0.3 is 5.97 Å². The van der Waals surface area contributed by atoms with Gasteiger partial charge in [-0.2, -0.15) is 0 Å². The summed E-state index contributed by atoms with van der Waals surface area (Å²) in [4.78, 5) is 33.6. The number of para-hydroxylation sites is 1. The van der Waals surface area contributed by atoms with E-state index < -0.39 is 11.9 Å². The van der Waals surface area contributed by atoms with Gasteiger partial charge in [0.2, 0.25) is 5.91 Å². The maximum atomic E-state index is 11.4. The Kier molecular flexibility index (Phi) is 4.39. The lowest BCUT2D eigenvalue weighted by Gasteiger charge is -2.08. The zero-order valence-corrected chi connectivity index (χ0v) is 9.65. The number of anilines is 1. The van der Waals surface area contributed by atoms with E-state index in [0.29, 0.717) is 5.69 Å². The molecule has 1 aromatic carbocycles. The summed E-state index contributed by atoms with van der Waals surface area (Å²) >= 11 is 0. The molecule has 1 amide bonds. The topological polar surface area (TPSA) is 72.5 Å². The average Bonchev–Trinajstić information content (AvgIpc) is 2.27. The first-order chi connectivity index (χ1) is 8.04. The number of hydrogen-bond acceptors (Lipinski definition) is 4. The minimum atomic E-state index is -0.538. The van der Waals surface area contributed by atoms with Crippen LogP contribution < -0.4 is 5.32 Å². The van der Waals surface area contributed by atoms with Crippen molar-refractivity contribution in [3.63, 3.8) is 0 Å². The fourth-order valence-corrected chi connectivity index (χ4v) is 1.30. The van der Waals surface area contributed by atoms with Gasteiger partial charge in [0.25, 0.3) is 0 Å². The minimum absolute atomic E-state index is 0.213. The highest BCUT2D eigenvalue weighted by Gasteiger charge is 2.13. The molecule has 0 saturated carbocycles. The second kappa shape index (κ2) is 5.79. The molecule has 1 N–H and O–H groups in total.